The second-order valence-electron chi connectivity index (χ2n) is 4.68. The van der Waals surface area contributed by atoms with Crippen LogP contribution in [0.15, 0.2) is 53.0 Å². The van der Waals surface area contributed by atoms with Crippen molar-refractivity contribution in [2.75, 3.05) is 13.7 Å². The van der Waals surface area contributed by atoms with Gasteiger partial charge in [-0.2, -0.15) is 0 Å². The highest BCUT2D eigenvalue weighted by atomic mass is 79.9. The van der Waals surface area contributed by atoms with Gasteiger partial charge in [0.05, 0.1) is 7.11 Å². The summed E-state index contributed by atoms with van der Waals surface area (Å²) in [5.74, 6) is 0.898. The highest BCUT2D eigenvalue weighted by molar-refractivity contribution is 9.10. The predicted octanol–water partition coefficient (Wildman–Crippen LogP) is 4.35. The number of benzene rings is 2. The molecule has 0 aromatic heterocycles. The lowest BCUT2D eigenvalue weighted by Crippen LogP contribution is -2.23. The van der Waals surface area contributed by atoms with Gasteiger partial charge in [0, 0.05) is 10.5 Å². The molecular weight excluding hydrogens is 314 g/mol. The fraction of sp³-hybridized carbons (Fsp3) is 0.294. The molecule has 0 saturated heterocycles. The molecule has 0 bridgehead atoms. The van der Waals surface area contributed by atoms with Crippen LogP contribution in [0.25, 0.3) is 0 Å². The van der Waals surface area contributed by atoms with E-state index in [1.54, 1.807) is 7.11 Å². The van der Waals surface area contributed by atoms with Gasteiger partial charge < -0.3 is 10.1 Å². The molecule has 0 spiro atoms. The van der Waals surface area contributed by atoms with Crippen molar-refractivity contribution >= 4 is 15.9 Å². The Morgan fingerprint density at radius 3 is 2.40 bits per heavy atom. The number of nitrogens with one attached hydrogen (secondary N) is 1. The average molecular weight is 334 g/mol. The minimum atomic E-state index is 0.309. The Morgan fingerprint density at radius 1 is 1.10 bits per heavy atom. The first-order valence-electron chi connectivity index (χ1n) is 6.85. The molecule has 3 heteroatoms. The predicted molar refractivity (Wildman–Crippen MR) is 87.3 cm³/mol. The van der Waals surface area contributed by atoms with Crippen LogP contribution < -0.4 is 10.1 Å². The van der Waals surface area contributed by atoms with Gasteiger partial charge in [0.1, 0.15) is 5.75 Å². The monoisotopic (exact) mass is 333 g/mol. The van der Waals surface area contributed by atoms with Gasteiger partial charge in [-0.15, -0.1) is 0 Å². The molecule has 1 unspecified atom stereocenters. The van der Waals surface area contributed by atoms with E-state index in [-0.39, 0.29) is 0 Å². The summed E-state index contributed by atoms with van der Waals surface area (Å²) in [6, 6.07) is 17.0. The maximum Gasteiger partial charge on any atom is 0.118 e. The molecule has 0 radical (unpaired) electrons. The summed E-state index contributed by atoms with van der Waals surface area (Å²) in [6.45, 7) is 3.08. The normalized spacial score (nSPS) is 12.2. The number of likely N-dealkylation sites (N-methyl/N-ethyl adjacent to an activating group) is 1. The highest BCUT2D eigenvalue weighted by Gasteiger charge is 2.13. The van der Waals surface area contributed by atoms with Crippen LogP contribution in [0.2, 0.25) is 0 Å². The Hall–Kier alpha value is -1.32. The Labute approximate surface area is 129 Å². The Bertz CT molecular complexity index is 539. The minimum Gasteiger partial charge on any atom is -0.497 e. The fourth-order valence-electron chi connectivity index (χ4n) is 2.29. The van der Waals surface area contributed by atoms with E-state index in [0.29, 0.717) is 6.04 Å². The van der Waals surface area contributed by atoms with Crippen LogP contribution in [0.3, 0.4) is 0 Å². The minimum absolute atomic E-state index is 0.309. The van der Waals surface area contributed by atoms with Crippen molar-refractivity contribution in [1.82, 2.24) is 5.32 Å². The lowest BCUT2D eigenvalue weighted by molar-refractivity contribution is 0.414. The van der Waals surface area contributed by atoms with Gasteiger partial charge >= 0.3 is 0 Å². The van der Waals surface area contributed by atoms with Crippen LogP contribution in [-0.2, 0) is 6.42 Å². The second kappa shape index (κ2) is 7.46. The first-order valence-corrected chi connectivity index (χ1v) is 7.64. The van der Waals surface area contributed by atoms with Crippen molar-refractivity contribution in [3.8, 4) is 5.75 Å². The fourth-order valence-corrected chi connectivity index (χ4v) is 2.85. The SMILES string of the molecule is CCNC(Cc1ccc(OC)cc1)c1ccccc1Br. The summed E-state index contributed by atoms with van der Waals surface area (Å²) in [5.41, 5.74) is 2.60. The third-order valence-corrected chi connectivity index (χ3v) is 4.05. The molecule has 0 aliphatic heterocycles. The molecule has 2 rings (SSSR count). The van der Waals surface area contributed by atoms with Crippen LogP contribution >= 0.6 is 15.9 Å². The molecule has 0 amide bonds. The van der Waals surface area contributed by atoms with Crippen molar-refractivity contribution in [2.24, 2.45) is 0 Å². The molecule has 0 saturated carbocycles. The van der Waals surface area contributed by atoms with E-state index in [2.05, 4.69) is 58.5 Å². The Morgan fingerprint density at radius 2 is 1.80 bits per heavy atom. The second-order valence-corrected chi connectivity index (χ2v) is 5.54. The highest BCUT2D eigenvalue weighted by Crippen LogP contribution is 2.26. The Balaban J connectivity index is 2.18. The first-order chi connectivity index (χ1) is 9.74. The standard InChI is InChI=1S/C17H20BrNO/c1-3-19-17(15-6-4-5-7-16(15)18)12-13-8-10-14(20-2)11-9-13/h4-11,17,19H,3,12H2,1-2H3. The number of hydrogen-bond acceptors (Lipinski definition) is 2. The molecule has 1 atom stereocenters. The third-order valence-electron chi connectivity index (χ3n) is 3.33. The van der Waals surface area contributed by atoms with Crippen molar-refractivity contribution < 1.29 is 4.74 Å². The molecule has 0 aliphatic carbocycles. The molecule has 2 aromatic carbocycles. The summed E-state index contributed by atoms with van der Waals surface area (Å²) in [5, 5.41) is 3.56. The zero-order valence-corrected chi connectivity index (χ0v) is 13.5. The topological polar surface area (TPSA) is 21.3 Å². The van der Waals surface area contributed by atoms with Crippen LogP contribution in [0, 0.1) is 0 Å². The number of methoxy groups -OCH3 is 1. The van der Waals surface area contributed by atoms with Crippen molar-refractivity contribution in [1.29, 1.82) is 0 Å². The first kappa shape index (κ1) is 15.1. The number of ether oxygens (including phenoxy) is 1. The van der Waals surface area contributed by atoms with E-state index in [0.717, 1.165) is 23.2 Å². The molecule has 20 heavy (non-hydrogen) atoms. The largest absolute Gasteiger partial charge is 0.497 e. The molecule has 2 aromatic rings. The molecule has 0 heterocycles. The van der Waals surface area contributed by atoms with E-state index >= 15 is 0 Å². The van der Waals surface area contributed by atoms with Gasteiger partial charge in [-0.25, -0.2) is 0 Å². The third kappa shape index (κ3) is 3.84. The van der Waals surface area contributed by atoms with Gasteiger partial charge in [0.15, 0.2) is 0 Å². The molecule has 0 fully saturated rings. The molecule has 0 aliphatic rings. The zero-order chi connectivity index (χ0) is 14.4. The maximum absolute atomic E-state index is 5.20. The molecule has 1 N–H and O–H groups in total. The van der Waals surface area contributed by atoms with Gasteiger partial charge in [-0.05, 0) is 42.3 Å². The number of halogens is 1. The van der Waals surface area contributed by atoms with Crippen molar-refractivity contribution in [3.63, 3.8) is 0 Å². The van der Waals surface area contributed by atoms with Crippen molar-refractivity contribution in [2.45, 2.75) is 19.4 Å². The Kier molecular flexibility index (Phi) is 5.62. The molecular formula is C17H20BrNO. The zero-order valence-electron chi connectivity index (χ0n) is 11.9. The molecule has 2 nitrogen and oxygen atoms in total. The van der Waals surface area contributed by atoms with E-state index in [9.17, 15) is 0 Å². The van der Waals surface area contributed by atoms with Crippen LogP contribution in [0.1, 0.15) is 24.1 Å². The van der Waals surface area contributed by atoms with Gasteiger partial charge in [-0.3, -0.25) is 0 Å². The van der Waals surface area contributed by atoms with Crippen molar-refractivity contribution in [3.05, 3.63) is 64.1 Å². The van der Waals surface area contributed by atoms with Gasteiger partial charge in [0.2, 0.25) is 0 Å². The van der Waals surface area contributed by atoms with E-state index in [1.807, 2.05) is 18.2 Å². The lowest BCUT2D eigenvalue weighted by atomic mass is 9.99. The van der Waals surface area contributed by atoms with E-state index < -0.39 is 0 Å². The summed E-state index contributed by atoms with van der Waals surface area (Å²) in [7, 11) is 1.69. The summed E-state index contributed by atoms with van der Waals surface area (Å²) in [4.78, 5) is 0. The maximum atomic E-state index is 5.20. The quantitative estimate of drug-likeness (QED) is 0.848. The van der Waals surface area contributed by atoms with E-state index in [4.69, 9.17) is 4.74 Å². The summed E-state index contributed by atoms with van der Waals surface area (Å²) < 4.78 is 6.35. The lowest BCUT2D eigenvalue weighted by Gasteiger charge is -2.20. The summed E-state index contributed by atoms with van der Waals surface area (Å²) >= 11 is 3.64. The molecule has 106 valence electrons. The number of rotatable bonds is 6. The number of hydrogen-bond donors (Lipinski definition) is 1. The van der Waals surface area contributed by atoms with Gasteiger partial charge in [-0.1, -0.05) is 53.2 Å². The van der Waals surface area contributed by atoms with Crippen LogP contribution in [0.5, 0.6) is 5.75 Å². The average Bonchev–Trinajstić information content (AvgIpc) is 2.48. The van der Waals surface area contributed by atoms with Crippen LogP contribution in [-0.4, -0.2) is 13.7 Å². The summed E-state index contributed by atoms with van der Waals surface area (Å²) in [6.07, 6.45) is 0.959. The smallest absolute Gasteiger partial charge is 0.118 e. The van der Waals surface area contributed by atoms with Gasteiger partial charge in [0.25, 0.3) is 0 Å². The van der Waals surface area contributed by atoms with Crippen LogP contribution in [0.4, 0.5) is 0 Å². The van der Waals surface area contributed by atoms with E-state index in [1.165, 1.54) is 11.1 Å².